The van der Waals surface area contributed by atoms with Gasteiger partial charge in [-0.15, -0.1) is 0 Å². The Morgan fingerprint density at radius 1 is 1.30 bits per heavy atom. The molecule has 0 aliphatic rings. The minimum Gasteiger partial charge on any atom is -0.465 e. The van der Waals surface area contributed by atoms with Crippen molar-refractivity contribution in [1.82, 2.24) is 5.32 Å². The van der Waals surface area contributed by atoms with Gasteiger partial charge in [0, 0.05) is 32.5 Å². The summed E-state index contributed by atoms with van der Waals surface area (Å²) >= 11 is 0. The van der Waals surface area contributed by atoms with Gasteiger partial charge in [-0.05, 0) is 43.2 Å². The van der Waals surface area contributed by atoms with E-state index in [9.17, 15) is 9.59 Å². The van der Waals surface area contributed by atoms with E-state index in [1.54, 1.807) is 6.08 Å². The molecule has 0 unspecified atom stereocenters. The lowest BCUT2D eigenvalue weighted by molar-refractivity contribution is -0.137. The van der Waals surface area contributed by atoms with Gasteiger partial charge in [-0.3, -0.25) is 4.79 Å². The summed E-state index contributed by atoms with van der Waals surface area (Å²) in [7, 11) is 5.22. The first-order valence-corrected chi connectivity index (χ1v) is 7.43. The summed E-state index contributed by atoms with van der Waals surface area (Å²) in [5.74, 6) is -1.05. The van der Waals surface area contributed by atoms with Crippen molar-refractivity contribution in [3.63, 3.8) is 0 Å². The molecule has 5 nitrogen and oxygen atoms in total. The number of hydrogen-bond donors (Lipinski definition) is 1. The predicted molar refractivity (Wildman–Crippen MR) is 93.3 cm³/mol. The lowest BCUT2D eigenvalue weighted by Crippen LogP contribution is -2.17. The molecule has 0 fully saturated rings. The Balaban J connectivity index is 2.96. The maximum atomic E-state index is 12.2. The first-order valence-electron chi connectivity index (χ1n) is 7.43. The smallest absolute Gasteiger partial charge is 0.343 e. The highest BCUT2D eigenvalue weighted by atomic mass is 16.5. The molecule has 0 bridgehead atoms. The Morgan fingerprint density at radius 2 is 2.00 bits per heavy atom. The number of ketones is 1. The largest absolute Gasteiger partial charge is 0.465 e. The second-order valence-corrected chi connectivity index (χ2v) is 5.25. The van der Waals surface area contributed by atoms with Crippen molar-refractivity contribution in [3.8, 4) is 0 Å². The maximum Gasteiger partial charge on any atom is 0.343 e. The topological polar surface area (TPSA) is 58.6 Å². The number of aryl methyl sites for hydroxylation is 1. The fraction of sp³-hybridized carbons (Fsp3) is 0.333. The number of nitrogens with zero attached hydrogens (tertiary/aromatic N) is 1. The number of carbonyl (C=O) groups is 2. The monoisotopic (exact) mass is 316 g/mol. The van der Waals surface area contributed by atoms with Crippen LogP contribution < -0.4 is 10.2 Å². The molecule has 1 N–H and O–H groups in total. The number of hydrogen-bond acceptors (Lipinski definition) is 5. The standard InChI is InChI=1S/C18H24N2O3/c1-6-19-12-15(18(22)23-5)17(21)10-8-14-7-9-16(20(3)4)13(2)11-14/h7-12,19H,6H2,1-5H3. The molecule has 124 valence electrons. The van der Waals surface area contributed by atoms with E-state index in [1.807, 2.05) is 51.0 Å². The molecule has 0 atom stereocenters. The van der Waals surface area contributed by atoms with Crippen LogP contribution in [-0.2, 0) is 14.3 Å². The lowest BCUT2D eigenvalue weighted by atomic mass is 10.1. The first kappa shape index (κ1) is 18.5. The van der Waals surface area contributed by atoms with Crippen molar-refractivity contribution in [2.24, 2.45) is 0 Å². The van der Waals surface area contributed by atoms with Gasteiger partial charge >= 0.3 is 5.97 Å². The van der Waals surface area contributed by atoms with Crippen molar-refractivity contribution in [1.29, 1.82) is 0 Å². The molecule has 0 radical (unpaired) electrons. The van der Waals surface area contributed by atoms with Gasteiger partial charge < -0.3 is 15.0 Å². The van der Waals surface area contributed by atoms with Gasteiger partial charge in [0.15, 0.2) is 5.78 Å². The fourth-order valence-corrected chi connectivity index (χ4v) is 2.09. The third-order valence-corrected chi connectivity index (χ3v) is 3.25. The van der Waals surface area contributed by atoms with Crippen LogP contribution in [0.25, 0.3) is 6.08 Å². The van der Waals surface area contributed by atoms with E-state index >= 15 is 0 Å². The van der Waals surface area contributed by atoms with E-state index in [0.29, 0.717) is 6.54 Å². The Bertz CT molecular complexity index is 631. The van der Waals surface area contributed by atoms with Crippen LogP contribution >= 0.6 is 0 Å². The molecule has 0 saturated carbocycles. The quantitative estimate of drug-likeness (QED) is 0.362. The predicted octanol–water partition coefficient (Wildman–Crippen LogP) is 2.31. The minimum atomic E-state index is -0.653. The molecule has 0 aromatic heterocycles. The van der Waals surface area contributed by atoms with Gasteiger partial charge in [0.2, 0.25) is 0 Å². The van der Waals surface area contributed by atoms with E-state index in [2.05, 4.69) is 10.1 Å². The molecule has 0 spiro atoms. The fourth-order valence-electron chi connectivity index (χ4n) is 2.09. The molecule has 0 aliphatic heterocycles. The van der Waals surface area contributed by atoms with Crippen LogP contribution in [0.1, 0.15) is 18.1 Å². The number of ether oxygens (including phenoxy) is 1. The first-order chi connectivity index (χ1) is 10.9. The highest BCUT2D eigenvalue weighted by molar-refractivity contribution is 6.22. The zero-order valence-electron chi connectivity index (χ0n) is 14.3. The summed E-state index contributed by atoms with van der Waals surface area (Å²) < 4.78 is 4.64. The molecule has 0 saturated heterocycles. The van der Waals surface area contributed by atoms with Crippen LogP contribution in [0.4, 0.5) is 5.69 Å². The molecule has 23 heavy (non-hydrogen) atoms. The maximum absolute atomic E-state index is 12.2. The second-order valence-electron chi connectivity index (χ2n) is 5.25. The van der Waals surface area contributed by atoms with Crippen molar-refractivity contribution in [2.75, 3.05) is 32.6 Å². The van der Waals surface area contributed by atoms with Crippen LogP contribution in [0.3, 0.4) is 0 Å². The summed E-state index contributed by atoms with van der Waals surface area (Å²) in [5.41, 5.74) is 3.11. The molecule has 1 aromatic rings. The van der Waals surface area contributed by atoms with Gasteiger partial charge in [0.1, 0.15) is 5.57 Å². The molecule has 1 rings (SSSR count). The number of benzene rings is 1. The van der Waals surface area contributed by atoms with E-state index in [0.717, 1.165) is 16.8 Å². The number of allylic oxidation sites excluding steroid dienone is 1. The van der Waals surface area contributed by atoms with Crippen LogP contribution in [0, 0.1) is 6.92 Å². The highest BCUT2D eigenvalue weighted by Gasteiger charge is 2.16. The van der Waals surface area contributed by atoms with Gasteiger partial charge in [0.05, 0.1) is 7.11 Å². The van der Waals surface area contributed by atoms with E-state index in [-0.39, 0.29) is 5.57 Å². The number of methoxy groups -OCH3 is 1. The number of nitrogens with one attached hydrogen (secondary N) is 1. The lowest BCUT2D eigenvalue weighted by Gasteiger charge is -2.15. The van der Waals surface area contributed by atoms with Crippen LogP contribution in [0.5, 0.6) is 0 Å². The van der Waals surface area contributed by atoms with Crippen LogP contribution in [-0.4, -0.2) is 39.5 Å². The van der Waals surface area contributed by atoms with E-state index in [1.165, 1.54) is 19.4 Å². The average Bonchev–Trinajstić information content (AvgIpc) is 2.52. The van der Waals surface area contributed by atoms with E-state index in [4.69, 9.17) is 0 Å². The number of anilines is 1. The Morgan fingerprint density at radius 3 is 2.52 bits per heavy atom. The molecule has 0 heterocycles. The van der Waals surface area contributed by atoms with Gasteiger partial charge in [-0.2, -0.15) is 0 Å². The molecular weight excluding hydrogens is 292 g/mol. The number of esters is 1. The molecule has 0 amide bonds. The molecule has 5 heteroatoms. The molecule has 1 aromatic carbocycles. The third-order valence-electron chi connectivity index (χ3n) is 3.25. The number of carbonyl (C=O) groups excluding carboxylic acids is 2. The Hall–Kier alpha value is -2.56. The van der Waals surface area contributed by atoms with Gasteiger partial charge in [-0.25, -0.2) is 4.79 Å². The molecule has 0 aliphatic carbocycles. The van der Waals surface area contributed by atoms with Crippen molar-refractivity contribution in [2.45, 2.75) is 13.8 Å². The summed E-state index contributed by atoms with van der Waals surface area (Å²) in [5, 5.41) is 2.85. The Kier molecular flexibility index (Phi) is 7.06. The molecular formula is C18H24N2O3. The zero-order valence-corrected chi connectivity index (χ0v) is 14.3. The van der Waals surface area contributed by atoms with Crippen LogP contribution in [0.15, 0.2) is 36.0 Å². The van der Waals surface area contributed by atoms with Crippen molar-refractivity contribution >= 4 is 23.5 Å². The van der Waals surface area contributed by atoms with Gasteiger partial charge in [-0.1, -0.05) is 12.1 Å². The normalized spacial score (nSPS) is 11.4. The van der Waals surface area contributed by atoms with E-state index < -0.39 is 11.8 Å². The van der Waals surface area contributed by atoms with Crippen molar-refractivity contribution in [3.05, 3.63) is 47.2 Å². The summed E-state index contributed by atoms with van der Waals surface area (Å²) in [4.78, 5) is 25.9. The second kappa shape index (κ2) is 8.78. The third kappa shape index (κ3) is 5.29. The summed E-state index contributed by atoms with van der Waals surface area (Å²) in [6.45, 7) is 4.50. The summed E-state index contributed by atoms with van der Waals surface area (Å²) in [6, 6.07) is 5.91. The zero-order chi connectivity index (χ0) is 17.4. The number of rotatable bonds is 7. The average molecular weight is 316 g/mol. The van der Waals surface area contributed by atoms with Gasteiger partial charge in [0.25, 0.3) is 0 Å². The van der Waals surface area contributed by atoms with Crippen molar-refractivity contribution < 1.29 is 14.3 Å². The Labute approximate surface area is 137 Å². The van der Waals surface area contributed by atoms with Crippen LogP contribution in [0.2, 0.25) is 0 Å². The SMILES string of the molecule is CCNC=C(C(=O)C=Cc1ccc(N(C)C)c(C)c1)C(=O)OC. The highest BCUT2D eigenvalue weighted by Crippen LogP contribution is 2.19. The summed E-state index contributed by atoms with van der Waals surface area (Å²) in [6.07, 6.45) is 4.46. The minimum absolute atomic E-state index is 0.0211.